The molecule has 2 aromatic rings. The molecule has 7 heteroatoms. The summed E-state index contributed by atoms with van der Waals surface area (Å²) in [5, 5.41) is 12.2. The van der Waals surface area contributed by atoms with Crippen LogP contribution in [0.2, 0.25) is 0 Å². The van der Waals surface area contributed by atoms with E-state index in [9.17, 15) is 14.0 Å². The Morgan fingerprint density at radius 3 is 2.42 bits per heavy atom. The molecule has 0 saturated carbocycles. The summed E-state index contributed by atoms with van der Waals surface area (Å²) < 4.78 is 13.7. The van der Waals surface area contributed by atoms with Crippen LogP contribution < -0.4 is 10.2 Å². The number of anilines is 1. The van der Waals surface area contributed by atoms with Gasteiger partial charge >= 0.3 is 12.0 Å². The number of hydrogen-bond donors (Lipinski definition) is 2. The average molecular weight is 357 g/mol. The molecule has 0 atom stereocenters. The maximum absolute atomic E-state index is 13.7. The second kappa shape index (κ2) is 7.97. The van der Waals surface area contributed by atoms with E-state index in [1.165, 1.54) is 29.2 Å². The summed E-state index contributed by atoms with van der Waals surface area (Å²) in [5.41, 5.74) is 1.41. The van der Waals surface area contributed by atoms with Crippen molar-refractivity contribution in [2.24, 2.45) is 0 Å². The zero-order valence-corrected chi connectivity index (χ0v) is 14.2. The molecule has 1 saturated heterocycles. The van der Waals surface area contributed by atoms with Crippen LogP contribution in [0.25, 0.3) is 0 Å². The lowest BCUT2D eigenvalue weighted by Gasteiger charge is -2.33. The normalized spacial score (nSPS) is 14.1. The van der Waals surface area contributed by atoms with E-state index in [1.807, 2.05) is 0 Å². The third kappa shape index (κ3) is 4.18. The van der Waals surface area contributed by atoms with Crippen molar-refractivity contribution in [3.8, 4) is 0 Å². The van der Waals surface area contributed by atoms with E-state index in [2.05, 4.69) is 5.32 Å². The quantitative estimate of drug-likeness (QED) is 0.882. The summed E-state index contributed by atoms with van der Waals surface area (Å²) in [6.07, 6.45) is 0. The van der Waals surface area contributed by atoms with E-state index in [-0.39, 0.29) is 18.1 Å². The Bertz CT molecular complexity index is 789. The number of carbonyl (C=O) groups excluding carboxylic acids is 1. The predicted molar refractivity (Wildman–Crippen MR) is 95.8 cm³/mol. The first-order valence-electron chi connectivity index (χ1n) is 8.39. The first-order valence-corrected chi connectivity index (χ1v) is 8.39. The third-order valence-electron chi connectivity index (χ3n) is 4.28. The Morgan fingerprint density at radius 2 is 1.81 bits per heavy atom. The van der Waals surface area contributed by atoms with Crippen LogP contribution in [0.5, 0.6) is 0 Å². The predicted octanol–water partition coefficient (Wildman–Crippen LogP) is 2.56. The van der Waals surface area contributed by atoms with Crippen LogP contribution in [-0.4, -0.2) is 48.2 Å². The van der Waals surface area contributed by atoms with Crippen LogP contribution in [0.1, 0.15) is 15.9 Å². The molecule has 1 fully saturated rings. The Labute approximate surface area is 150 Å². The van der Waals surface area contributed by atoms with Crippen LogP contribution in [0, 0.1) is 5.82 Å². The van der Waals surface area contributed by atoms with Crippen molar-refractivity contribution in [2.75, 3.05) is 31.1 Å². The van der Waals surface area contributed by atoms with Gasteiger partial charge in [-0.25, -0.2) is 14.0 Å². The number of benzene rings is 2. The zero-order valence-electron chi connectivity index (χ0n) is 14.2. The Morgan fingerprint density at radius 1 is 1.12 bits per heavy atom. The first kappa shape index (κ1) is 17.9. The van der Waals surface area contributed by atoms with Crippen molar-refractivity contribution in [3.05, 3.63) is 65.5 Å². The maximum atomic E-state index is 13.7. The number of aromatic carboxylic acids is 1. The van der Waals surface area contributed by atoms with E-state index in [4.69, 9.17) is 5.11 Å². The monoisotopic (exact) mass is 357 g/mol. The molecule has 1 aliphatic heterocycles. The molecule has 6 nitrogen and oxygen atoms in total. The molecule has 0 radical (unpaired) electrons. The number of carboxylic acids is 1. The molecule has 0 bridgehead atoms. The number of piperazine rings is 1. The molecule has 0 spiro atoms. The minimum atomic E-state index is -1.00. The van der Waals surface area contributed by atoms with Crippen molar-refractivity contribution in [2.45, 2.75) is 6.54 Å². The minimum absolute atomic E-state index is 0.180. The fraction of sp³-hybridized carbons (Fsp3) is 0.263. The van der Waals surface area contributed by atoms with Gasteiger partial charge in [0.15, 0.2) is 0 Å². The fourth-order valence-electron chi connectivity index (χ4n) is 2.88. The molecule has 0 unspecified atom stereocenters. The van der Waals surface area contributed by atoms with Gasteiger partial charge < -0.3 is 15.3 Å². The molecule has 26 heavy (non-hydrogen) atoms. The molecule has 1 aliphatic rings. The summed E-state index contributed by atoms with van der Waals surface area (Å²) >= 11 is 0. The summed E-state index contributed by atoms with van der Waals surface area (Å²) in [6, 6.07) is 12.0. The van der Waals surface area contributed by atoms with E-state index >= 15 is 0 Å². The fourth-order valence-corrected chi connectivity index (χ4v) is 2.88. The first-order chi connectivity index (χ1) is 12.5. The summed E-state index contributed by atoms with van der Waals surface area (Å²) in [5.74, 6) is -1.42. The number of carboxylic acid groups (broad SMARTS) is 1. The van der Waals surface area contributed by atoms with Crippen molar-refractivity contribution < 1.29 is 19.1 Å². The van der Waals surface area contributed by atoms with Crippen LogP contribution >= 0.6 is 0 Å². The van der Waals surface area contributed by atoms with E-state index in [1.54, 1.807) is 29.2 Å². The van der Waals surface area contributed by atoms with Crippen LogP contribution in [0.3, 0.4) is 0 Å². The largest absolute Gasteiger partial charge is 0.478 e. The molecular weight excluding hydrogens is 337 g/mol. The van der Waals surface area contributed by atoms with Crippen molar-refractivity contribution in [3.63, 3.8) is 0 Å². The highest BCUT2D eigenvalue weighted by Crippen LogP contribution is 2.21. The molecule has 0 aliphatic carbocycles. The highest BCUT2D eigenvalue weighted by molar-refractivity contribution is 5.92. The van der Waals surface area contributed by atoms with Gasteiger partial charge in [-0.3, -0.25) is 4.90 Å². The van der Waals surface area contributed by atoms with Gasteiger partial charge in [0.25, 0.3) is 0 Å². The van der Waals surface area contributed by atoms with Crippen molar-refractivity contribution >= 4 is 17.7 Å². The van der Waals surface area contributed by atoms with Gasteiger partial charge in [-0.1, -0.05) is 18.2 Å². The van der Waals surface area contributed by atoms with E-state index < -0.39 is 11.8 Å². The number of rotatable bonds is 4. The van der Waals surface area contributed by atoms with Crippen molar-refractivity contribution in [1.29, 1.82) is 0 Å². The lowest BCUT2D eigenvalue weighted by atomic mass is 10.1. The number of nitrogens with one attached hydrogen (secondary N) is 1. The molecule has 2 amide bonds. The van der Waals surface area contributed by atoms with Crippen molar-refractivity contribution in [1.82, 2.24) is 10.2 Å². The maximum Gasteiger partial charge on any atom is 0.335 e. The lowest BCUT2D eigenvalue weighted by Crippen LogP contribution is -2.51. The average Bonchev–Trinajstić information content (AvgIpc) is 2.66. The third-order valence-corrected chi connectivity index (χ3v) is 4.28. The lowest BCUT2D eigenvalue weighted by molar-refractivity contribution is 0.0697. The molecule has 1 heterocycles. The number of hydrogen-bond acceptors (Lipinski definition) is 3. The SMILES string of the molecule is O=C(O)c1ccc(CN(C(=O)N2CCNCC2)c2cccc(F)c2)cc1. The zero-order chi connectivity index (χ0) is 18.5. The van der Waals surface area contributed by atoms with E-state index in [0.29, 0.717) is 18.8 Å². The highest BCUT2D eigenvalue weighted by atomic mass is 19.1. The number of nitrogens with zero attached hydrogens (tertiary/aromatic N) is 2. The Balaban J connectivity index is 1.87. The highest BCUT2D eigenvalue weighted by Gasteiger charge is 2.24. The molecule has 0 aromatic heterocycles. The van der Waals surface area contributed by atoms with Gasteiger partial charge in [0.05, 0.1) is 12.1 Å². The summed E-state index contributed by atoms with van der Waals surface area (Å²) in [7, 11) is 0. The molecule has 2 N–H and O–H groups in total. The van der Waals surface area contributed by atoms with Gasteiger partial charge in [-0.05, 0) is 35.9 Å². The summed E-state index contributed by atoms with van der Waals surface area (Å²) in [4.78, 5) is 27.2. The van der Waals surface area contributed by atoms with Crippen LogP contribution in [0.15, 0.2) is 48.5 Å². The van der Waals surface area contributed by atoms with Crippen LogP contribution in [0.4, 0.5) is 14.9 Å². The number of urea groups is 1. The van der Waals surface area contributed by atoms with Crippen LogP contribution in [-0.2, 0) is 6.54 Å². The topological polar surface area (TPSA) is 72.9 Å². The molecular formula is C19H20FN3O3. The second-order valence-electron chi connectivity index (χ2n) is 6.09. The van der Waals surface area contributed by atoms with Gasteiger partial charge in [-0.2, -0.15) is 0 Å². The van der Waals surface area contributed by atoms with E-state index in [0.717, 1.165) is 18.7 Å². The minimum Gasteiger partial charge on any atom is -0.478 e. The van der Waals surface area contributed by atoms with Gasteiger partial charge in [-0.15, -0.1) is 0 Å². The number of halogens is 1. The molecule has 136 valence electrons. The van der Waals surface area contributed by atoms with Gasteiger partial charge in [0, 0.05) is 31.9 Å². The molecule has 3 rings (SSSR count). The number of amides is 2. The Kier molecular flexibility index (Phi) is 5.48. The smallest absolute Gasteiger partial charge is 0.335 e. The standard InChI is InChI=1S/C19H20FN3O3/c20-16-2-1-3-17(12-16)23(19(26)22-10-8-21-9-11-22)13-14-4-6-15(7-5-14)18(24)25/h1-7,12,21H,8-11,13H2,(H,24,25). The Hall–Kier alpha value is -2.93. The summed E-state index contributed by atoms with van der Waals surface area (Å²) in [6.45, 7) is 2.84. The molecule has 2 aromatic carbocycles. The number of carbonyl (C=O) groups is 2. The second-order valence-corrected chi connectivity index (χ2v) is 6.09. The van der Waals surface area contributed by atoms with Gasteiger partial charge in [0.2, 0.25) is 0 Å². The van der Waals surface area contributed by atoms with Gasteiger partial charge in [0.1, 0.15) is 5.82 Å².